The zero-order chi connectivity index (χ0) is 66.1. The van der Waals surface area contributed by atoms with Crippen LogP contribution >= 0.6 is 46.4 Å². The third-order valence-electron chi connectivity index (χ3n) is 8.77. The molecule has 1 radical (unpaired) electrons. The Hall–Kier alpha value is -3.59. The molecule has 9 N–H and O–H groups in total. The van der Waals surface area contributed by atoms with E-state index >= 15 is 0 Å². The van der Waals surface area contributed by atoms with Crippen LogP contribution < -0.4 is 39.4 Å². The van der Waals surface area contributed by atoms with E-state index in [4.69, 9.17) is 104 Å². The molecule has 0 saturated carbocycles. The third-order valence-corrected chi connectivity index (χ3v) is 10.5. The van der Waals surface area contributed by atoms with Gasteiger partial charge in [-0.1, -0.05) is 99.2 Å². The van der Waals surface area contributed by atoms with Crippen LogP contribution in [-0.4, -0.2) is 146 Å². The Balaban J connectivity index is -0.000000138. The summed E-state index contributed by atoms with van der Waals surface area (Å²) in [5.41, 5.74) is -15.4. The van der Waals surface area contributed by atoms with E-state index in [9.17, 15) is 59.9 Å². The molecule has 0 heterocycles. The van der Waals surface area contributed by atoms with Gasteiger partial charge in [0.05, 0.1) is 39.1 Å². The third kappa shape index (κ3) is 44.1. The average molecular weight is 1690 g/mol. The number of ether oxygens (including phenoxy) is 4. The Kier molecular flexibility index (Phi) is 58.4. The second-order valence-electron chi connectivity index (χ2n) is 16.6. The van der Waals surface area contributed by atoms with Crippen molar-refractivity contribution in [2.24, 2.45) is 30.8 Å². The second-order valence-corrected chi connectivity index (χ2v) is 22.4. The minimum Gasteiger partial charge on any atom is -0.870 e. The van der Waals surface area contributed by atoms with E-state index in [1.807, 2.05) is 27.7 Å². The van der Waals surface area contributed by atoms with Crippen molar-refractivity contribution in [2.75, 3.05) is 65.3 Å². The van der Waals surface area contributed by atoms with Gasteiger partial charge in [-0.15, -0.1) is 46.4 Å². The molecule has 4 rings (SSSR count). The molecule has 0 aliphatic heterocycles. The molecule has 523 valence electrons. The van der Waals surface area contributed by atoms with Gasteiger partial charge in [0, 0.05) is 61.9 Å². The van der Waals surface area contributed by atoms with Crippen LogP contribution in [0.1, 0.15) is 49.9 Å². The monoisotopic (exact) mass is 1680 g/mol. The first-order chi connectivity index (χ1) is 38.3. The number of para-hydroxylation sites is 4. The van der Waals surface area contributed by atoms with Gasteiger partial charge in [-0.3, -0.25) is 20.0 Å². The van der Waals surface area contributed by atoms with Crippen LogP contribution in [0.5, 0.6) is 46.0 Å². The van der Waals surface area contributed by atoms with Crippen molar-refractivity contribution >= 4 is 102 Å². The first-order valence-corrected chi connectivity index (χ1v) is 28.4. The van der Waals surface area contributed by atoms with E-state index in [1.54, 1.807) is 97.7 Å². The van der Waals surface area contributed by atoms with E-state index in [-0.39, 0.29) is 134 Å². The van der Waals surface area contributed by atoms with Crippen molar-refractivity contribution in [1.29, 1.82) is 0 Å². The Morgan fingerprint density at radius 2 is 0.533 bits per heavy atom. The molecule has 0 unspecified atom stereocenters. The smallest absolute Gasteiger partial charge is 0.870 e. The Morgan fingerprint density at radius 1 is 0.400 bits per heavy atom. The molecule has 4 aromatic rings. The van der Waals surface area contributed by atoms with Gasteiger partial charge in [0.2, 0.25) is 0 Å². The molecule has 0 amide bonds. The van der Waals surface area contributed by atoms with Gasteiger partial charge < -0.3 is 69.5 Å². The summed E-state index contributed by atoms with van der Waals surface area (Å²) in [6.45, 7) is 10.0. The van der Waals surface area contributed by atoms with Crippen molar-refractivity contribution in [3.05, 3.63) is 95.1 Å². The summed E-state index contributed by atoms with van der Waals surface area (Å²) in [7, 11) is -12.4. The van der Waals surface area contributed by atoms with Gasteiger partial charge in [0.25, 0.3) is 0 Å². The van der Waals surface area contributed by atoms with E-state index in [1.165, 1.54) is 28.4 Å². The molecule has 0 saturated heterocycles. The van der Waals surface area contributed by atoms with Crippen molar-refractivity contribution in [3.63, 3.8) is 0 Å². The maximum absolute atomic E-state index is 12.1. The molecule has 0 spiro atoms. The molecule has 0 atom stereocenters. The summed E-state index contributed by atoms with van der Waals surface area (Å²) in [6.07, 6.45) is 6.25. The van der Waals surface area contributed by atoms with Crippen LogP contribution in [0, 0.1) is 50.8 Å². The average Bonchev–Trinajstić information content (AvgIpc) is 3.35. The molecule has 0 aliphatic carbocycles. The van der Waals surface area contributed by atoms with Crippen LogP contribution in [0.25, 0.3) is 0 Å². The predicted molar refractivity (Wildman–Crippen MR) is 302 cm³/mol. The van der Waals surface area contributed by atoms with Gasteiger partial charge in [-0.25, -0.2) is 25.3 Å². The van der Waals surface area contributed by atoms with Gasteiger partial charge in [-0.2, -0.15) is 39.5 Å². The Bertz CT molecular complexity index is 2740. The summed E-state index contributed by atoms with van der Waals surface area (Å²) in [6, 6.07) is 20.4. The fourth-order valence-corrected chi connectivity index (χ4v) is 4.85. The SMILES string of the molecule is COc1cccc(C=NCC(C)(C)CN=Cc2cccc(OC)c2[O-])c1[O-].COc1cccc(C=NCC(C)(C)CN=Cc2cccc(OC)c2[O-])c1[O-].ClCCl.ClCCl.O=S(=O)([O-])C(F)(F)F.O=S(=O)([O-])C(F)(F)F.O=S(=O)([O-])C(F)(F)F.[Gd+3].[Ni+2].[Ni+2].[OH3+].[OH3+].[OH3+]. The number of rotatable bonds is 16. The van der Waals surface area contributed by atoms with Crippen LogP contribution in [0.4, 0.5) is 39.5 Å². The number of halogens is 13. The summed E-state index contributed by atoms with van der Waals surface area (Å²) < 4.78 is 197. The minimum atomic E-state index is -6.09. The van der Waals surface area contributed by atoms with E-state index < -0.39 is 46.9 Å². The maximum Gasteiger partial charge on any atom is 3.00 e. The van der Waals surface area contributed by atoms with Gasteiger partial charge in [0.1, 0.15) is 23.0 Å². The molecular formula is C47H61Cl4F9GdN4Ni2O20S3+3. The molecule has 0 fully saturated rings. The first kappa shape index (κ1) is 105. The van der Waals surface area contributed by atoms with E-state index in [2.05, 4.69) is 20.0 Å². The van der Waals surface area contributed by atoms with E-state index in [0.29, 0.717) is 71.4 Å². The molecule has 43 heteroatoms. The summed E-state index contributed by atoms with van der Waals surface area (Å²) in [5.74, 6) is 0.482. The summed E-state index contributed by atoms with van der Waals surface area (Å²) >= 11 is 19.1. The largest absolute Gasteiger partial charge is 3.00 e. The molecule has 4 aromatic carbocycles. The van der Waals surface area contributed by atoms with Crippen molar-refractivity contribution in [1.82, 2.24) is 0 Å². The standard InChI is InChI=1S/2C21H26N2O4.2CH2Cl2.3CHF3O3S.Gd.2Ni.3H2O/c2*1-21(2,13-22-11-15-7-5-9-17(26-3)19(15)24)14-23-12-16-8-6-10-18(27-4)20(16)25;2*2-1-3;3*2-1(3,4)8(5,6)7;;;;;;/h2*5-12,24-25H,13-14H2,1-4H3;2*1H2;3*(H,5,6,7);;;;3*1H2/q;;;;;;;+3;2*+2;;;/p-4. The van der Waals surface area contributed by atoms with Crippen LogP contribution in [-0.2, 0) is 79.8 Å². The van der Waals surface area contributed by atoms with Crippen molar-refractivity contribution in [2.45, 2.75) is 44.2 Å². The molecule has 24 nitrogen and oxygen atoms in total. The summed E-state index contributed by atoms with van der Waals surface area (Å²) in [5, 5.41) is 48.7. The Morgan fingerprint density at radius 3 is 0.644 bits per heavy atom. The quantitative estimate of drug-likeness (QED) is 0.0269. The first-order valence-electron chi connectivity index (χ1n) is 22.0. The zero-order valence-corrected chi connectivity index (χ0v) is 57.3. The molecule has 90 heavy (non-hydrogen) atoms. The number of hydrogen-bond donors (Lipinski definition) is 0. The van der Waals surface area contributed by atoms with Crippen molar-refractivity contribution in [3.8, 4) is 46.0 Å². The van der Waals surface area contributed by atoms with Gasteiger partial charge in [0.15, 0.2) is 30.4 Å². The van der Waals surface area contributed by atoms with Gasteiger partial charge in [-0.05, 0) is 46.5 Å². The predicted octanol–water partition coefficient (Wildman–Crippen LogP) is 5.06. The number of hydrogen-bond acceptors (Lipinski definition) is 21. The van der Waals surface area contributed by atoms with Crippen LogP contribution in [0.2, 0.25) is 0 Å². The fourth-order valence-electron chi connectivity index (χ4n) is 4.85. The molecule has 0 bridgehead atoms. The molecule has 0 aliphatic rings. The fraction of sp³-hybridized carbons (Fsp3) is 0.404. The molecular weight excluding hydrogens is 1620 g/mol. The number of nitrogens with zero attached hydrogens (tertiary/aromatic N) is 4. The minimum absolute atomic E-state index is 0. The normalized spacial score (nSPS) is 11.3. The number of methoxy groups -OCH3 is 4. The van der Waals surface area contributed by atoms with Gasteiger partial charge >= 0.3 is 89.4 Å². The maximum atomic E-state index is 12.1. The van der Waals surface area contributed by atoms with Crippen LogP contribution in [0.3, 0.4) is 0 Å². The second kappa shape index (κ2) is 49.9. The van der Waals surface area contributed by atoms with Crippen LogP contribution in [0.15, 0.2) is 92.8 Å². The van der Waals surface area contributed by atoms with E-state index in [0.717, 1.165) is 0 Å². The number of benzene rings is 4. The Labute approximate surface area is 585 Å². The molecule has 0 aromatic heterocycles. The summed E-state index contributed by atoms with van der Waals surface area (Å²) in [4.78, 5) is 17.5. The topological polar surface area (TPSA) is 449 Å². The number of aliphatic imine (C=N–C) groups is 4. The zero-order valence-electron chi connectivity index (χ0n) is 47.6. The number of alkyl halides is 13. The van der Waals surface area contributed by atoms with Crippen molar-refractivity contribution < 1.29 is 207 Å².